The Morgan fingerprint density at radius 1 is 1.21 bits per heavy atom. The molecular formula is C22H22N2O4. The van der Waals surface area contributed by atoms with Crippen molar-refractivity contribution in [2.75, 3.05) is 12.3 Å². The van der Waals surface area contributed by atoms with Gasteiger partial charge in [-0.05, 0) is 36.2 Å². The summed E-state index contributed by atoms with van der Waals surface area (Å²) in [4.78, 5) is 27.4. The van der Waals surface area contributed by atoms with Crippen molar-refractivity contribution in [1.29, 1.82) is 0 Å². The van der Waals surface area contributed by atoms with Crippen LogP contribution < -0.4 is 10.5 Å². The lowest BCUT2D eigenvalue weighted by molar-refractivity contribution is -0.137. The summed E-state index contributed by atoms with van der Waals surface area (Å²) in [6.07, 6.45) is 0.471. The van der Waals surface area contributed by atoms with Gasteiger partial charge in [-0.25, -0.2) is 0 Å². The van der Waals surface area contributed by atoms with Crippen LogP contribution >= 0.6 is 0 Å². The maximum absolute atomic E-state index is 13.3. The fraction of sp³-hybridized carbons (Fsp3) is 0.273. The Morgan fingerprint density at radius 2 is 2.00 bits per heavy atom. The number of fused-ring (bicyclic) bond motifs is 4. The third-order valence-electron chi connectivity index (χ3n) is 5.39. The number of rotatable bonds is 5. The van der Waals surface area contributed by atoms with Gasteiger partial charge in [-0.3, -0.25) is 9.59 Å². The minimum atomic E-state index is -0.849. The van der Waals surface area contributed by atoms with Gasteiger partial charge in [-0.15, -0.1) is 0 Å². The number of carboxylic acid groups (broad SMARTS) is 1. The van der Waals surface area contributed by atoms with E-state index in [-0.39, 0.29) is 17.6 Å². The van der Waals surface area contributed by atoms with E-state index in [9.17, 15) is 9.59 Å². The molecule has 0 saturated carbocycles. The minimum Gasteiger partial charge on any atom is -0.494 e. The number of carboxylic acids is 1. The van der Waals surface area contributed by atoms with Crippen molar-refractivity contribution in [3.8, 4) is 5.75 Å². The number of nitrogens with one attached hydrogen (secondary N) is 1. The number of anilines is 1. The number of aromatic amines is 1. The third kappa shape index (κ3) is 2.81. The van der Waals surface area contributed by atoms with Crippen LogP contribution in [0.2, 0.25) is 0 Å². The molecule has 3 aromatic rings. The molecule has 0 fully saturated rings. The number of H-pyrrole nitrogens is 1. The van der Waals surface area contributed by atoms with Gasteiger partial charge < -0.3 is 20.6 Å². The van der Waals surface area contributed by atoms with Crippen molar-refractivity contribution in [1.82, 2.24) is 4.98 Å². The second-order valence-corrected chi connectivity index (χ2v) is 7.69. The van der Waals surface area contributed by atoms with E-state index in [4.69, 9.17) is 15.6 Å². The van der Waals surface area contributed by atoms with Crippen LogP contribution in [0, 0.1) is 0 Å². The van der Waals surface area contributed by atoms with Gasteiger partial charge in [-0.1, -0.05) is 26.0 Å². The summed E-state index contributed by atoms with van der Waals surface area (Å²) in [7, 11) is 0. The van der Waals surface area contributed by atoms with Gasteiger partial charge >= 0.3 is 5.97 Å². The molecule has 0 bridgehead atoms. The van der Waals surface area contributed by atoms with Gasteiger partial charge in [0.1, 0.15) is 5.75 Å². The quantitative estimate of drug-likeness (QED) is 0.462. The summed E-state index contributed by atoms with van der Waals surface area (Å²) in [6, 6.07) is 11.0. The van der Waals surface area contributed by atoms with Crippen LogP contribution in [0.25, 0.3) is 10.9 Å². The Morgan fingerprint density at radius 3 is 2.75 bits per heavy atom. The van der Waals surface area contributed by atoms with E-state index in [1.54, 1.807) is 12.1 Å². The number of ether oxygens (including phenoxy) is 1. The molecule has 0 aliphatic heterocycles. The summed E-state index contributed by atoms with van der Waals surface area (Å²) < 4.78 is 5.67. The van der Waals surface area contributed by atoms with E-state index in [0.717, 1.165) is 22.2 Å². The lowest BCUT2D eigenvalue weighted by Crippen LogP contribution is -2.30. The highest BCUT2D eigenvalue weighted by molar-refractivity contribution is 6.20. The number of nitrogen functional groups attached to an aromatic ring is 1. The number of benzene rings is 2. The van der Waals surface area contributed by atoms with Crippen LogP contribution in [-0.4, -0.2) is 28.4 Å². The fourth-order valence-electron chi connectivity index (χ4n) is 3.95. The van der Waals surface area contributed by atoms with Crippen LogP contribution in [0.4, 0.5) is 5.69 Å². The van der Waals surface area contributed by atoms with Gasteiger partial charge in [0, 0.05) is 39.7 Å². The number of carbonyl (C=O) groups excluding carboxylic acids is 1. The Hall–Kier alpha value is -3.28. The molecule has 28 heavy (non-hydrogen) atoms. The molecule has 0 amide bonds. The maximum Gasteiger partial charge on any atom is 0.303 e. The molecule has 0 spiro atoms. The SMILES string of the molecule is CC1(C)c2ccc(OCCCC(=O)O)cc2C(=O)c2c1[nH]c1cc(N)ccc21. The number of ketones is 1. The molecular weight excluding hydrogens is 356 g/mol. The first-order chi connectivity index (χ1) is 13.3. The second kappa shape index (κ2) is 6.41. The molecule has 0 radical (unpaired) electrons. The predicted octanol–water partition coefficient (Wildman–Crippen LogP) is 3.86. The second-order valence-electron chi connectivity index (χ2n) is 7.69. The number of hydrogen-bond acceptors (Lipinski definition) is 4. The molecule has 1 aliphatic rings. The first-order valence-corrected chi connectivity index (χ1v) is 9.24. The predicted molar refractivity (Wildman–Crippen MR) is 107 cm³/mol. The normalized spacial score (nSPS) is 14.6. The molecule has 4 N–H and O–H groups in total. The summed E-state index contributed by atoms with van der Waals surface area (Å²) in [5.74, 6) is -0.323. The molecule has 0 unspecified atom stereocenters. The van der Waals surface area contributed by atoms with Gasteiger partial charge in [0.25, 0.3) is 0 Å². The Bertz CT molecular complexity index is 1110. The van der Waals surface area contributed by atoms with Gasteiger partial charge in [0.15, 0.2) is 5.78 Å². The molecule has 1 aliphatic carbocycles. The molecule has 1 aromatic heterocycles. The highest BCUT2D eigenvalue weighted by Crippen LogP contribution is 2.44. The number of aromatic nitrogens is 1. The summed E-state index contributed by atoms with van der Waals surface area (Å²) in [5.41, 5.74) is 10.1. The minimum absolute atomic E-state index is 0.0451. The molecule has 1 heterocycles. The highest BCUT2D eigenvalue weighted by atomic mass is 16.5. The largest absolute Gasteiger partial charge is 0.494 e. The lowest BCUT2D eigenvalue weighted by Gasteiger charge is -2.32. The fourth-order valence-corrected chi connectivity index (χ4v) is 3.95. The van der Waals surface area contributed by atoms with E-state index in [2.05, 4.69) is 18.8 Å². The highest BCUT2D eigenvalue weighted by Gasteiger charge is 2.39. The van der Waals surface area contributed by atoms with Gasteiger partial charge in [0.05, 0.1) is 12.2 Å². The molecule has 6 nitrogen and oxygen atoms in total. The van der Waals surface area contributed by atoms with Crippen molar-refractivity contribution < 1.29 is 19.4 Å². The molecule has 2 aromatic carbocycles. The average molecular weight is 378 g/mol. The first-order valence-electron chi connectivity index (χ1n) is 9.24. The van der Waals surface area contributed by atoms with Gasteiger partial charge in [0.2, 0.25) is 0 Å². The topological polar surface area (TPSA) is 105 Å². The lowest BCUT2D eigenvalue weighted by atomic mass is 9.71. The van der Waals surface area contributed by atoms with Crippen molar-refractivity contribution in [2.45, 2.75) is 32.1 Å². The number of nitrogens with two attached hydrogens (primary N) is 1. The number of aliphatic carboxylic acids is 1. The zero-order valence-corrected chi connectivity index (χ0v) is 15.8. The maximum atomic E-state index is 13.3. The summed E-state index contributed by atoms with van der Waals surface area (Å²) in [6.45, 7) is 4.47. The van der Waals surface area contributed by atoms with E-state index in [1.165, 1.54) is 0 Å². The molecule has 0 saturated heterocycles. The Labute approximate surface area is 162 Å². The Kier molecular flexibility index (Phi) is 4.14. The number of carbonyl (C=O) groups is 2. The van der Waals surface area contributed by atoms with Crippen molar-refractivity contribution in [3.05, 3.63) is 58.8 Å². The monoisotopic (exact) mass is 378 g/mol. The molecule has 0 atom stereocenters. The van der Waals surface area contributed by atoms with Crippen molar-refractivity contribution >= 4 is 28.3 Å². The van der Waals surface area contributed by atoms with Crippen molar-refractivity contribution in [2.24, 2.45) is 0 Å². The smallest absolute Gasteiger partial charge is 0.303 e. The first kappa shape index (κ1) is 18.1. The van der Waals surface area contributed by atoms with Crippen LogP contribution in [0.15, 0.2) is 36.4 Å². The zero-order valence-electron chi connectivity index (χ0n) is 15.8. The summed E-state index contributed by atoms with van der Waals surface area (Å²) >= 11 is 0. The molecule has 144 valence electrons. The van der Waals surface area contributed by atoms with E-state index in [0.29, 0.717) is 35.6 Å². The van der Waals surface area contributed by atoms with Crippen LogP contribution in [0.1, 0.15) is 53.9 Å². The van der Waals surface area contributed by atoms with Crippen LogP contribution in [0.3, 0.4) is 0 Å². The van der Waals surface area contributed by atoms with Crippen LogP contribution in [-0.2, 0) is 10.2 Å². The Balaban J connectivity index is 1.74. The standard InChI is InChI=1S/C22H22N2O4/c1-22(2)16-8-6-13(28-9-3-4-18(25)26)11-15(16)20(27)19-14-7-5-12(23)10-17(14)24-21(19)22/h5-8,10-11,24H,3-4,9,23H2,1-2H3,(H,25,26). The van der Waals surface area contributed by atoms with Gasteiger partial charge in [-0.2, -0.15) is 0 Å². The average Bonchev–Trinajstić information content (AvgIpc) is 3.03. The van der Waals surface area contributed by atoms with E-state index < -0.39 is 5.97 Å². The number of hydrogen-bond donors (Lipinski definition) is 3. The third-order valence-corrected chi connectivity index (χ3v) is 5.39. The van der Waals surface area contributed by atoms with Crippen LogP contribution in [0.5, 0.6) is 5.75 Å². The molecule has 6 heteroatoms. The molecule has 4 rings (SSSR count). The van der Waals surface area contributed by atoms with E-state index in [1.807, 2.05) is 24.3 Å². The summed E-state index contributed by atoms with van der Waals surface area (Å²) in [5, 5.41) is 9.59. The zero-order chi connectivity index (χ0) is 20.1. The van der Waals surface area contributed by atoms with Crippen molar-refractivity contribution in [3.63, 3.8) is 0 Å². The van der Waals surface area contributed by atoms with E-state index >= 15 is 0 Å².